The highest BCUT2D eigenvalue weighted by molar-refractivity contribution is 7.14. The summed E-state index contributed by atoms with van der Waals surface area (Å²) in [6.45, 7) is 5.98. The van der Waals surface area contributed by atoms with Gasteiger partial charge in [0, 0.05) is 17.5 Å². The van der Waals surface area contributed by atoms with Crippen LogP contribution in [0.3, 0.4) is 0 Å². The summed E-state index contributed by atoms with van der Waals surface area (Å²) in [7, 11) is 0. The van der Waals surface area contributed by atoms with Crippen LogP contribution < -0.4 is 5.32 Å². The first kappa shape index (κ1) is 18.4. The number of thiazole rings is 1. The van der Waals surface area contributed by atoms with Gasteiger partial charge in [-0.15, -0.1) is 11.3 Å². The molecule has 138 valence electrons. The number of amides is 2. The number of nitrogens with one attached hydrogen (secondary N) is 1. The zero-order valence-electron chi connectivity index (χ0n) is 15.2. The standard InChI is InChI=1S/C19H23N3O3S/c1-19(2,3)25-18(24)22-11-7-10-15(22)16(23)21-17-20-14(12-26-17)13-8-5-4-6-9-13/h4-6,8-9,12,15H,7,10-11H2,1-3H3,(H,20,21,23). The van der Waals surface area contributed by atoms with Gasteiger partial charge in [-0.05, 0) is 33.6 Å². The molecule has 26 heavy (non-hydrogen) atoms. The normalized spacial score (nSPS) is 17.2. The molecule has 6 nitrogen and oxygen atoms in total. The molecule has 1 aromatic heterocycles. The van der Waals surface area contributed by atoms with Gasteiger partial charge >= 0.3 is 6.09 Å². The lowest BCUT2D eigenvalue weighted by atomic mass is 10.2. The Hall–Kier alpha value is -2.41. The van der Waals surface area contributed by atoms with Gasteiger partial charge in [0.05, 0.1) is 5.69 Å². The molecule has 7 heteroatoms. The van der Waals surface area contributed by atoms with Crippen LogP contribution in [0.15, 0.2) is 35.7 Å². The third-order valence-electron chi connectivity index (χ3n) is 3.99. The van der Waals surface area contributed by atoms with Crippen molar-refractivity contribution in [1.29, 1.82) is 0 Å². The van der Waals surface area contributed by atoms with Crippen LogP contribution in [-0.4, -0.2) is 40.1 Å². The van der Waals surface area contributed by atoms with Crippen molar-refractivity contribution in [2.24, 2.45) is 0 Å². The molecule has 1 unspecified atom stereocenters. The molecule has 1 aromatic carbocycles. The van der Waals surface area contributed by atoms with Crippen molar-refractivity contribution >= 4 is 28.5 Å². The predicted molar refractivity (Wildman–Crippen MR) is 102 cm³/mol. The topological polar surface area (TPSA) is 71.5 Å². The summed E-state index contributed by atoms with van der Waals surface area (Å²) >= 11 is 1.37. The number of benzene rings is 1. The van der Waals surface area contributed by atoms with E-state index in [0.29, 0.717) is 18.1 Å². The van der Waals surface area contributed by atoms with Gasteiger partial charge in [-0.25, -0.2) is 9.78 Å². The molecule has 1 N–H and O–H groups in total. The summed E-state index contributed by atoms with van der Waals surface area (Å²) in [5, 5.41) is 5.28. The number of ether oxygens (including phenoxy) is 1. The first-order valence-electron chi connectivity index (χ1n) is 8.65. The quantitative estimate of drug-likeness (QED) is 0.877. The van der Waals surface area contributed by atoms with E-state index < -0.39 is 17.7 Å². The van der Waals surface area contributed by atoms with E-state index in [2.05, 4.69) is 10.3 Å². The molecule has 0 spiro atoms. The number of carbonyl (C=O) groups is 2. The van der Waals surface area contributed by atoms with Gasteiger partial charge in [-0.1, -0.05) is 30.3 Å². The molecule has 0 saturated carbocycles. The second-order valence-corrected chi connectivity index (χ2v) is 8.08. The van der Waals surface area contributed by atoms with Crippen LogP contribution in [0.4, 0.5) is 9.93 Å². The van der Waals surface area contributed by atoms with E-state index in [1.54, 1.807) is 0 Å². The summed E-state index contributed by atoms with van der Waals surface area (Å²) < 4.78 is 5.41. The SMILES string of the molecule is CC(C)(C)OC(=O)N1CCCC1C(=O)Nc1nc(-c2ccccc2)cs1. The second kappa shape index (κ2) is 7.45. The van der Waals surface area contributed by atoms with E-state index in [1.165, 1.54) is 16.2 Å². The Balaban J connectivity index is 1.66. The van der Waals surface area contributed by atoms with Gasteiger partial charge in [-0.2, -0.15) is 0 Å². The largest absolute Gasteiger partial charge is 0.444 e. The zero-order valence-corrected chi connectivity index (χ0v) is 16.0. The van der Waals surface area contributed by atoms with E-state index >= 15 is 0 Å². The van der Waals surface area contributed by atoms with E-state index in [-0.39, 0.29) is 5.91 Å². The van der Waals surface area contributed by atoms with Crippen molar-refractivity contribution in [2.45, 2.75) is 45.3 Å². The highest BCUT2D eigenvalue weighted by Gasteiger charge is 2.36. The summed E-state index contributed by atoms with van der Waals surface area (Å²) in [5.74, 6) is -0.220. The number of aromatic nitrogens is 1. The molecule has 1 atom stereocenters. The van der Waals surface area contributed by atoms with Gasteiger partial charge in [-0.3, -0.25) is 9.69 Å². The van der Waals surface area contributed by atoms with Crippen molar-refractivity contribution in [3.63, 3.8) is 0 Å². The van der Waals surface area contributed by atoms with Gasteiger partial charge in [0.2, 0.25) is 5.91 Å². The van der Waals surface area contributed by atoms with Crippen LogP contribution in [0.1, 0.15) is 33.6 Å². The van der Waals surface area contributed by atoms with Gasteiger partial charge < -0.3 is 10.1 Å². The molecule has 1 saturated heterocycles. The highest BCUT2D eigenvalue weighted by Crippen LogP contribution is 2.26. The average Bonchev–Trinajstić information content (AvgIpc) is 3.23. The summed E-state index contributed by atoms with van der Waals surface area (Å²) in [4.78, 5) is 31.0. The Bertz CT molecular complexity index is 783. The Morgan fingerprint density at radius 3 is 2.69 bits per heavy atom. The Morgan fingerprint density at radius 2 is 2.00 bits per heavy atom. The lowest BCUT2D eigenvalue weighted by Crippen LogP contribution is -2.45. The van der Waals surface area contributed by atoms with Crippen molar-refractivity contribution in [1.82, 2.24) is 9.88 Å². The molecular formula is C19H23N3O3S. The van der Waals surface area contributed by atoms with Crippen LogP contribution in [0.25, 0.3) is 11.3 Å². The molecule has 1 fully saturated rings. The third-order valence-corrected chi connectivity index (χ3v) is 4.75. The van der Waals surface area contributed by atoms with Gasteiger partial charge in [0.1, 0.15) is 11.6 Å². The average molecular weight is 373 g/mol. The van der Waals surface area contributed by atoms with Crippen molar-refractivity contribution in [3.05, 3.63) is 35.7 Å². The van der Waals surface area contributed by atoms with E-state index in [1.807, 2.05) is 56.5 Å². The predicted octanol–water partition coefficient (Wildman–Crippen LogP) is 4.15. The third kappa shape index (κ3) is 4.40. The summed E-state index contributed by atoms with van der Waals surface area (Å²) in [6, 6.07) is 9.27. The van der Waals surface area contributed by atoms with Crippen molar-refractivity contribution in [3.8, 4) is 11.3 Å². The van der Waals surface area contributed by atoms with Crippen LogP contribution in [0.5, 0.6) is 0 Å². The Labute approximate surface area is 157 Å². The fourth-order valence-electron chi connectivity index (χ4n) is 2.84. The summed E-state index contributed by atoms with van der Waals surface area (Å²) in [6.07, 6.45) is 0.964. The number of hydrogen-bond donors (Lipinski definition) is 1. The maximum atomic E-state index is 12.6. The number of carbonyl (C=O) groups excluding carboxylic acids is 2. The molecule has 2 aromatic rings. The minimum atomic E-state index is -0.583. The summed E-state index contributed by atoms with van der Waals surface area (Å²) in [5.41, 5.74) is 1.24. The van der Waals surface area contributed by atoms with Gasteiger partial charge in [0.15, 0.2) is 5.13 Å². The Morgan fingerprint density at radius 1 is 1.27 bits per heavy atom. The fourth-order valence-corrected chi connectivity index (χ4v) is 3.56. The number of anilines is 1. The van der Waals surface area contributed by atoms with Crippen LogP contribution in [0.2, 0.25) is 0 Å². The van der Waals surface area contributed by atoms with Crippen molar-refractivity contribution in [2.75, 3.05) is 11.9 Å². The molecule has 0 bridgehead atoms. The first-order valence-corrected chi connectivity index (χ1v) is 9.53. The molecular weight excluding hydrogens is 350 g/mol. The number of nitrogens with zero attached hydrogens (tertiary/aromatic N) is 2. The highest BCUT2D eigenvalue weighted by atomic mass is 32.1. The monoisotopic (exact) mass is 373 g/mol. The molecule has 3 rings (SSSR count). The molecule has 1 aliphatic heterocycles. The van der Waals surface area contributed by atoms with E-state index in [0.717, 1.165) is 17.7 Å². The van der Waals surface area contributed by atoms with E-state index in [9.17, 15) is 9.59 Å². The van der Waals surface area contributed by atoms with E-state index in [4.69, 9.17) is 4.74 Å². The first-order chi connectivity index (χ1) is 12.3. The number of likely N-dealkylation sites (tertiary alicyclic amines) is 1. The second-order valence-electron chi connectivity index (χ2n) is 7.22. The lowest BCUT2D eigenvalue weighted by molar-refractivity contribution is -0.120. The van der Waals surface area contributed by atoms with Crippen LogP contribution >= 0.6 is 11.3 Å². The van der Waals surface area contributed by atoms with Crippen LogP contribution in [-0.2, 0) is 9.53 Å². The van der Waals surface area contributed by atoms with Crippen molar-refractivity contribution < 1.29 is 14.3 Å². The minimum Gasteiger partial charge on any atom is -0.444 e. The number of rotatable bonds is 3. The van der Waals surface area contributed by atoms with Crippen LogP contribution in [0, 0.1) is 0 Å². The Kier molecular flexibility index (Phi) is 5.27. The fraction of sp³-hybridized carbons (Fsp3) is 0.421. The number of hydrogen-bond acceptors (Lipinski definition) is 5. The smallest absolute Gasteiger partial charge is 0.410 e. The zero-order chi connectivity index (χ0) is 18.7. The molecule has 1 aliphatic rings. The minimum absolute atomic E-state index is 0.220. The molecule has 2 amide bonds. The molecule has 0 aliphatic carbocycles. The lowest BCUT2D eigenvalue weighted by Gasteiger charge is -2.27. The maximum Gasteiger partial charge on any atom is 0.410 e. The maximum absolute atomic E-state index is 12.6. The molecule has 0 radical (unpaired) electrons. The molecule has 2 heterocycles. The van der Waals surface area contributed by atoms with Gasteiger partial charge in [0.25, 0.3) is 0 Å².